The van der Waals surface area contributed by atoms with E-state index in [2.05, 4.69) is 10.3 Å². The van der Waals surface area contributed by atoms with Crippen LogP contribution in [0.4, 0.5) is 5.13 Å². The molecule has 178 valence electrons. The van der Waals surface area contributed by atoms with Crippen molar-refractivity contribution in [1.29, 1.82) is 0 Å². The molecule has 1 saturated heterocycles. The fourth-order valence-corrected chi connectivity index (χ4v) is 5.54. The molecule has 1 aliphatic heterocycles. The standard InChI is InChI=1S/C21H25N3O7S2/c1-4-31-20(26)19-14(2)22-21(32-19)23-18(25)8-6-15-5-7-16(29-3)17(13-15)33(27,28)24-9-11-30-12-10-24/h5-8,13H,4,9-12H2,1-3H3,(H,22,23,25)/b8-6+. The van der Waals surface area contributed by atoms with Gasteiger partial charge in [0.25, 0.3) is 0 Å². The van der Waals surface area contributed by atoms with Crippen LogP contribution in [-0.2, 0) is 24.3 Å². The van der Waals surface area contributed by atoms with Crippen LogP contribution in [0.3, 0.4) is 0 Å². The monoisotopic (exact) mass is 495 g/mol. The first-order valence-electron chi connectivity index (χ1n) is 10.2. The predicted octanol–water partition coefficient (Wildman–Crippen LogP) is 2.31. The van der Waals surface area contributed by atoms with E-state index in [0.29, 0.717) is 29.3 Å². The van der Waals surface area contributed by atoms with E-state index >= 15 is 0 Å². The van der Waals surface area contributed by atoms with Gasteiger partial charge in [-0.25, -0.2) is 18.2 Å². The minimum atomic E-state index is -3.79. The predicted molar refractivity (Wildman–Crippen MR) is 123 cm³/mol. The number of rotatable bonds is 8. The number of nitrogens with one attached hydrogen (secondary N) is 1. The molecular weight excluding hydrogens is 470 g/mol. The molecular formula is C21H25N3O7S2. The summed E-state index contributed by atoms with van der Waals surface area (Å²) in [6.07, 6.45) is 2.74. The largest absolute Gasteiger partial charge is 0.495 e. The second-order valence-corrected chi connectivity index (χ2v) is 9.81. The van der Waals surface area contributed by atoms with Crippen LogP contribution >= 0.6 is 11.3 Å². The Hall–Kier alpha value is -2.80. The molecule has 12 heteroatoms. The smallest absolute Gasteiger partial charge is 0.350 e. The molecule has 0 saturated carbocycles. The van der Waals surface area contributed by atoms with Crippen LogP contribution in [0.15, 0.2) is 29.2 Å². The highest BCUT2D eigenvalue weighted by Gasteiger charge is 2.29. The zero-order valence-corrected chi connectivity index (χ0v) is 20.1. The number of hydrogen-bond donors (Lipinski definition) is 1. The molecule has 1 aliphatic rings. The number of nitrogens with zero attached hydrogens (tertiary/aromatic N) is 2. The molecule has 10 nitrogen and oxygen atoms in total. The lowest BCUT2D eigenvalue weighted by Crippen LogP contribution is -2.40. The maximum Gasteiger partial charge on any atom is 0.350 e. The summed E-state index contributed by atoms with van der Waals surface area (Å²) in [6, 6.07) is 4.65. The van der Waals surface area contributed by atoms with Crippen LogP contribution in [0.2, 0.25) is 0 Å². The van der Waals surface area contributed by atoms with Crippen LogP contribution in [0.1, 0.15) is 27.9 Å². The molecule has 1 aromatic heterocycles. The van der Waals surface area contributed by atoms with Gasteiger partial charge in [0.15, 0.2) is 5.13 Å². The third kappa shape index (κ3) is 5.96. The van der Waals surface area contributed by atoms with Gasteiger partial charge in [-0.3, -0.25) is 10.1 Å². The van der Waals surface area contributed by atoms with E-state index in [1.54, 1.807) is 26.0 Å². The van der Waals surface area contributed by atoms with Crippen molar-refractivity contribution in [1.82, 2.24) is 9.29 Å². The molecule has 0 radical (unpaired) electrons. The van der Waals surface area contributed by atoms with Crippen LogP contribution < -0.4 is 10.1 Å². The van der Waals surface area contributed by atoms with E-state index in [4.69, 9.17) is 14.2 Å². The number of esters is 1. The van der Waals surface area contributed by atoms with Crippen molar-refractivity contribution in [3.63, 3.8) is 0 Å². The highest BCUT2D eigenvalue weighted by atomic mass is 32.2. The van der Waals surface area contributed by atoms with E-state index in [-0.39, 0.29) is 35.5 Å². The molecule has 0 bridgehead atoms. The molecule has 0 unspecified atom stereocenters. The summed E-state index contributed by atoms with van der Waals surface area (Å²) in [5.74, 6) is -0.754. The maximum atomic E-state index is 13.1. The van der Waals surface area contributed by atoms with Crippen LogP contribution in [0.25, 0.3) is 6.08 Å². The molecule has 1 N–H and O–H groups in total. The number of aryl methyl sites for hydroxylation is 1. The lowest BCUT2D eigenvalue weighted by atomic mass is 10.2. The Bertz CT molecular complexity index is 1150. The summed E-state index contributed by atoms with van der Waals surface area (Å²) in [6.45, 7) is 4.78. The Balaban J connectivity index is 1.76. The Kier molecular flexibility index (Phi) is 8.19. The van der Waals surface area contributed by atoms with Crippen LogP contribution in [0.5, 0.6) is 5.75 Å². The van der Waals surface area contributed by atoms with Gasteiger partial charge < -0.3 is 14.2 Å². The van der Waals surface area contributed by atoms with E-state index in [1.165, 1.54) is 29.6 Å². The Morgan fingerprint density at radius 2 is 2.03 bits per heavy atom. The highest BCUT2D eigenvalue weighted by Crippen LogP contribution is 2.29. The lowest BCUT2D eigenvalue weighted by Gasteiger charge is -2.26. The first kappa shape index (κ1) is 24.8. The van der Waals surface area contributed by atoms with E-state index in [0.717, 1.165) is 11.3 Å². The number of morpholine rings is 1. The Morgan fingerprint density at radius 1 is 1.30 bits per heavy atom. The molecule has 2 heterocycles. The van der Waals surface area contributed by atoms with Crippen LogP contribution in [-0.4, -0.2) is 69.6 Å². The van der Waals surface area contributed by atoms with Gasteiger partial charge in [-0.2, -0.15) is 4.31 Å². The molecule has 0 aliphatic carbocycles. The second kappa shape index (κ2) is 10.9. The molecule has 0 spiro atoms. The lowest BCUT2D eigenvalue weighted by molar-refractivity contribution is -0.111. The number of hydrogen-bond acceptors (Lipinski definition) is 9. The molecule has 0 atom stereocenters. The second-order valence-electron chi connectivity index (χ2n) is 6.90. The van der Waals surface area contributed by atoms with Crippen molar-refractivity contribution in [2.24, 2.45) is 0 Å². The van der Waals surface area contributed by atoms with Crippen molar-refractivity contribution < 1.29 is 32.2 Å². The average molecular weight is 496 g/mol. The van der Waals surface area contributed by atoms with Gasteiger partial charge in [0.05, 0.1) is 32.6 Å². The van der Waals surface area contributed by atoms with Crippen LogP contribution in [0, 0.1) is 6.92 Å². The maximum absolute atomic E-state index is 13.1. The average Bonchev–Trinajstić information content (AvgIpc) is 3.18. The summed E-state index contributed by atoms with van der Waals surface area (Å²) in [5.41, 5.74) is 0.964. The number of thiazole rings is 1. The van der Waals surface area contributed by atoms with Crippen molar-refractivity contribution in [2.75, 3.05) is 45.3 Å². The summed E-state index contributed by atoms with van der Waals surface area (Å²) >= 11 is 1.02. The van der Waals surface area contributed by atoms with Gasteiger partial charge in [-0.1, -0.05) is 17.4 Å². The van der Waals surface area contributed by atoms with E-state index in [9.17, 15) is 18.0 Å². The minimum absolute atomic E-state index is 0.0177. The van der Waals surface area contributed by atoms with Crippen molar-refractivity contribution in [3.05, 3.63) is 40.4 Å². The zero-order chi connectivity index (χ0) is 24.0. The highest BCUT2D eigenvalue weighted by molar-refractivity contribution is 7.89. The van der Waals surface area contributed by atoms with E-state index in [1.807, 2.05) is 0 Å². The minimum Gasteiger partial charge on any atom is -0.495 e. The van der Waals surface area contributed by atoms with Gasteiger partial charge in [-0.15, -0.1) is 0 Å². The number of aromatic nitrogens is 1. The summed E-state index contributed by atoms with van der Waals surface area (Å²) in [5, 5.41) is 2.86. The number of carbonyl (C=O) groups is 2. The number of amides is 1. The number of ether oxygens (including phenoxy) is 3. The van der Waals surface area contributed by atoms with Gasteiger partial charge >= 0.3 is 5.97 Å². The normalized spacial score (nSPS) is 14.9. The number of methoxy groups -OCH3 is 1. The fourth-order valence-electron chi connectivity index (χ4n) is 3.08. The third-order valence-electron chi connectivity index (χ3n) is 4.69. The molecule has 1 aromatic carbocycles. The summed E-state index contributed by atoms with van der Waals surface area (Å²) < 4.78 is 43.0. The molecule has 33 heavy (non-hydrogen) atoms. The van der Waals surface area contributed by atoms with Gasteiger partial charge in [0, 0.05) is 19.2 Å². The number of sulfonamides is 1. The van der Waals surface area contributed by atoms with Gasteiger partial charge in [0.1, 0.15) is 15.5 Å². The Morgan fingerprint density at radius 3 is 2.70 bits per heavy atom. The Labute approximate surface area is 196 Å². The number of carbonyl (C=O) groups excluding carboxylic acids is 2. The molecule has 3 rings (SSSR count). The van der Waals surface area contributed by atoms with Gasteiger partial charge in [-0.05, 0) is 37.6 Å². The topological polar surface area (TPSA) is 124 Å². The SMILES string of the molecule is CCOC(=O)c1sc(NC(=O)/C=C/c2ccc(OC)c(S(=O)(=O)N3CCOCC3)c2)nc1C. The number of benzene rings is 1. The third-order valence-corrected chi connectivity index (χ3v) is 7.66. The zero-order valence-electron chi connectivity index (χ0n) is 18.5. The van der Waals surface area contributed by atoms with Crippen molar-refractivity contribution in [2.45, 2.75) is 18.7 Å². The van der Waals surface area contributed by atoms with Gasteiger partial charge in [0.2, 0.25) is 15.9 Å². The molecule has 2 aromatic rings. The first-order valence-corrected chi connectivity index (χ1v) is 12.4. The quantitative estimate of drug-likeness (QED) is 0.437. The van der Waals surface area contributed by atoms with Crippen molar-refractivity contribution in [3.8, 4) is 5.75 Å². The number of anilines is 1. The summed E-state index contributed by atoms with van der Waals surface area (Å²) in [4.78, 5) is 28.8. The fraction of sp³-hybridized carbons (Fsp3) is 0.381. The van der Waals surface area contributed by atoms with E-state index < -0.39 is 21.9 Å². The van der Waals surface area contributed by atoms with Crippen molar-refractivity contribution >= 4 is 44.4 Å². The molecule has 1 amide bonds. The summed E-state index contributed by atoms with van der Waals surface area (Å²) in [7, 11) is -2.39. The first-order chi connectivity index (χ1) is 15.8. The molecule has 1 fully saturated rings.